The van der Waals surface area contributed by atoms with Crippen molar-refractivity contribution in [1.82, 2.24) is 4.90 Å². The summed E-state index contributed by atoms with van der Waals surface area (Å²) in [5.74, 6) is 0.996. The smallest absolute Gasteiger partial charge is 0.252 e. The zero-order valence-corrected chi connectivity index (χ0v) is 10.7. The zero-order valence-electron chi connectivity index (χ0n) is 9.99. The van der Waals surface area contributed by atoms with Crippen LogP contribution in [0.5, 0.6) is 0 Å². The highest BCUT2D eigenvalue weighted by Gasteiger charge is 2.36. The minimum atomic E-state index is -0.225. The average molecular weight is 246 g/mol. The van der Waals surface area contributed by atoms with Crippen LogP contribution in [0.15, 0.2) is 0 Å². The van der Waals surface area contributed by atoms with Gasteiger partial charge in [-0.25, -0.2) is 0 Å². The molecule has 0 bridgehead atoms. The maximum atomic E-state index is 12.2. The Morgan fingerprint density at radius 1 is 1.31 bits per heavy atom. The minimum Gasteiger partial charge on any atom is -0.368 e. The van der Waals surface area contributed by atoms with Gasteiger partial charge in [0.25, 0.3) is 5.91 Å². The number of hydrogen-bond acceptors (Lipinski definition) is 2. The number of rotatable bonds is 1. The molecule has 2 rings (SSSR count). The van der Waals surface area contributed by atoms with E-state index in [1.165, 1.54) is 0 Å². The highest BCUT2D eigenvalue weighted by Crippen LogP contribution is 2.26. The van der Waals surface area contributed by atoms with Crippen molar-refractivity contribution in [2.75, 3.05) is 19.7 Å². The Kier molecular flexibility index (Phi) is 3.75. The summed E-state index contributed by atoms with van der Waals surface area (Å²) in [7, 11) is 0. The molecule has 4 unspecified atom stereocenters. The first-order chi connectivity index (χ1) is 7.59. The molecule has 0 aromatic carbocycles. The Bertz CT molecular complexity index is 272. The molecule has 4 atom stereocenters. The van der Waals surface area contributed by atoms with Gasteiger partial charge in [-0.05, 0) is 24.7 Å². The highest BCUT2D eigenvalue weighted by molar-refractivity contribution is 6.21. The van der Waals surface area contributed by atoms with Gasteiger partial charge >= 0.3 is 0 Å². The van der Waals surface area contributed by atoms with E-state index in [9.17, 15) is 4.79 Å². The fourth-order valence-electron chi connectivity index (χ4n) is 2.41. The van der Waals surface area contributed by atoms with Crippen molar-refractivity contribution in [2.24, 2.45) is 11.8 Å². The molecule has 0 spiro atoms. The number of amides is 1. The number of piperidine rings is 1. The third-order valence-electron chi connectivity index (χ3n) is 3.81. The average Bonchev–Trinajstić information content (AvgIpc) is 2.67. The van der Waals surface area contributed by atoms with E-state index in [1.54, 1.807) is 0 Å². The van der Waals surface area contributed by atoms with Crippen LogP contribution >= 0.6 is 11.6 Å². The van der Waals surface area contributed by atoms with E-state index < -0.39 is 0 Å². The van der Waals surface area contributed by atoms with E-state index in [2.05, 4.69) is 13.8 Å². The first kappa shape index (κ1) is 12.2. The predicted molar refractivity (Wildman–Crippen MR) is 63.5 cm³/mol. The van der Waals surface area contributed by atoms with Gasteiger partial charge < -0.3 is 9.64 Å². The summed E-state index contributed by atoms with van der Waals surface area (Å²) < 4.78 is 5.51. The monoisotopic (exact) mass is 245 g/mol. The lowest BCUT2D eigenvalue weighted by Crippen LogP contribution is -2.48. The molecule has 16 heavy (non-hydrogen) atoms. The van der Waals surface area contributed by atoms with Gasteiger partial charge in [-0.3, -0.25) is 4.79 Å². The standard InChI is InChI=1S/C12H20ClNO2/c1-8-3-5-14(7-10(8)13)12(15)11-9(2)4-6-16-11/h8-11H,3-7H2,1-2H3. The summed E-state index contributed by atoms with van der Waals surface area (Å²) in [4.78, 5) is 14.1. The van der Waals surface area contributed by atoms with Crippen LogP contribution < -0.4 is 0 Å². The first-order valence-corrected chi connectivity index (χ1v) is 6.57. The SMILES string of the molecule is CC1CCN(C(=O)C2OCCC2C)CC1Cl. The topological polar surface area (TPSA) is 29.5 Å². The number of ether oxygens (including phenoxy) is 1. The molecule has 2 heterocycles. The van der Waals surface area contributed by atoms with Crippen LogP contribution in [0.4, 0.5) is 0 Å². The molecule has 0 aliphatic carbocycles. The number of carbonyl (C=O) groups is 1. The number of likely N-dealkylation sites (tertiary alicyclic amines) is 1. The fourth-order valence-corrected chi connectivity index (χ4v) is 2.71. The van der Waals surface area contributed by atoms with Crippen LogP contribution in [-0.4, -0.2) is 42.0 Å². The van der Waals surface area contributed by atoms with Crippen LogP contribution in [0.25, 0.3) is 0 Å². The molecular formula is C12H20ClNO2. The molecule has 0 aromatic heterocycles. The minimum absolute atomic E-state index is 0.0920. The van der Waals surface area contributed by atoms with Crippen molar-refractivity contribution in [2.45, 2.75) is 38.2 Å². The maximum absolute atomic E-state index is 12.2. The van der Waals surface area contributed by atoms with Gasteiger partial charge in [-0.2, -0.15) is 0 Å². The molecule has 2 saturated heterocycles. The Hall–Kier alpha value is -0.280. The summed E-state index contributed by atoms with van der Waals surface area (Å²) in [6.45, 7) is 6.45. The Balaban J connectivity index is 1.95. The third-order valence-corrected chi connectivity index (χ3v) is 4.38. The van der Waals surface area contributed by atoms with Crippen LogP contribution in [-0.2, 0) is 9.53 Å². The van der Waals surface area contributed by atoms with Crippen molar-refractivity contribution < 1.29 is 9.53 Å². The number of hydrogen-bond donors (Lipinski definition) is 0. The second-order valence-electron chi connectivity index (χ2n) is 5.12. The van der Waals surface area contributed by atoms with E-state index in [-0.39, 0.29) is 17.4 Å². The summed E-state index contributed by atoms with van der Waals surface area (Å²) in [5, 5.41) is 0.0920. The largest absolute Gasteiger partial charge is 0.368 e. The first-order valence-electron chi connectivity index (χ1n) is 6.14. The lowest BCUT2D eigenvalue weighted by molar-refractivity contribution is -0.143. The van der Waals surface area contributed by atoms with Gasteiger partial charge in [-0.15, -0.1) is 11.6 Å². The molecule has 0 saturated carbocycles. The molecular weight excluding hydrogens is 226 g/mol. The summed E-state index contributed by atoms with van der Waals surface area (Å²) in [6.07, 6.45) is 1.77. The third kappa shape index (κ3) is 2.35. The summed E-state index contributed by atoms with van der Waals surface area (Å²) in [5.41, 5.74) is 0. The Morgan fingerprint density at radius 3 is 2.62 bits per heavy atom. The molecule has 92 valence electrons. The fraction of sp³-hybridized carbons (Fsp3) is 0.917. The second-order valence-corrected chi connectivity index (χ2v) is 5.68. The van der Waals surface area contributed by atoms with E-state index >= 15 is 0 Å². The van der Waals surface area contributed by atoms with Gasteiger partial charge in [0.05, 0.1) is 5.38 Å². The number of halogens is 1. The van der Waals surface area contributed by atoms with Crippen molar-refractivity contribution in [1.29, 1.82) is 0 Å². The van der Waals surface area contributed by atoms with Crippen molar-refractivity contribution in [3.63, 3.8) is 0 Å². The molecule has 3 nitrogen and oxygen atoms in total. The van der Waals surface area contributed by atoms with E-state index in [4.69, 9.17) is 16.3 Å². The molecule has 2 aliphatic rings. The van der Waals surface area contributed by atoms with Crippen molar-refractivity contribution in [3.8, 4) is 0 Å². The van der Waals surface area contributed by atoms with Gasteiger partial charge in [0.1, 0.15) is 6.10 Å². The summed E-state index contributed by atoms with van der Waals surface area (Å²) in [6, 6.07) is 0. The normalized spacial score (nSPS) is 40.1. The quantitative estimate of drug-likeness (QED) is 0.661. The van der Waals surface area contributed by atoms with Gasteiger partial charge in [0, 0.05) is 19.7 Å². The highest BCUT2D eigenvalue weighted by atomic mass is 35.5. The molecule has 0 radical (unpaired) electrons. The lowest BCUT2D eigenvalue weighted by atomic mass is 9.96. The maximum Gasteiger partial charge on any atom is 0.252 e. The van der Waals surface area contributed by atoms with E-state index in [0.29, 0.717) is 25.0 Å². The second kappa shape index (κ2) is 4.92. The molecule has 2 fully saturated rings. The molecule has 1 amide bonds. The van der Waals surface area contributed by atoms with Crippen LogP contribution in [0.2, 0.25) is 0 Å². The van der Waals surface area contributed by atoms with Gasteiger partial charge in [0.2, 0.25) is 0 Å². The Morgan fingerprint density at radius 2 is 2.06 bits per heavy atom. The predicted octanol–water partition coefficient (Wildman–Crippen LogP) is 1.89. The zero-order chi connectivity index (χ0) is 11.7. The summed E-state index contributed by atoms with van der Waals surface area (Å²) >= 11 is 6.21. The van der Waals surface area contributed by atoms with Crippen LogP contribution in [0, 0.1) is 11.8 Å². The van der Waals surface area contributed by atoms with Crippen molar-refractivity contribution >= 4 is 17.5 Å². The molecule has 0 N–H and O–H groups in total. The van der Waals surface area contributed by atoms with Gasteiger partial charge in [-0.1, -0.05) is 13.8 Å². The number of alkyl halides is 1. The van der Waals surface area contributed by atoms with Crippen LogP contribution in [0.1, 0.15) is 26.7 Å². The van der Waals surface area contributed by atoms with Gasteiger partial charge in [0.15, 0.2) is 0 Å². The molecule has 4 heteroatoms. The van der Waals surface area contributed by atoms with E-state index in [1.807, 2.05) is 4.90 Å². The van der Waals surface area contributed by atoms with Crippen molar-refractivity contribution in [3.05, 3.63) is 0 Å². The molecule has 2 aliphatic heterocycles. The molecule has 0 aromatic rings. The number of nitrogens with zero attached hydrogens (tertiary/aromatic N) is 1. The van der Waals surface area contributed by atoms with Crippen LogP contribution in [0.3, 0.4) is 0 Å². The Labute approximate surface area is 102 Å². The number of carbonyl (C=O) groups excluding carboxylic acids is 1. The van der Waals surface area contributed by atoms with E-state index in [0.717, 1.165) is 19.4 Å². The lowest BCUT2D eigenvalue weighted by Gasteiger charge is -2.35.